The van der Waals surface area contributed by atoms with Crippen LogP contribution >= 0.6 is 0 Å². The average Bonchev–Trinajstić information content (AvgIpc) is 3.13. The number of nitrogens with zero attached hydrogens (tertiary/aromatic N) is 3. The summed E-state index contributed by atoms with van der Waals surface area (Å²) < 4.78 is 40.2. The molecule has 29 heavy (non-hydrogen) atoms. The first-order chi connectivity index (χ1) is 13.7. The van der Waals surface area contributed by atoms with Gasteiger partial charge < -0.3 is 5.32 Å². The van der Waals surface area contributed by atoms with E-state index < -0.39 is 23.1 Å². The minimum absolute atomic E-state index is 0.124. The molecule has 1 aliphatic heterocycles. The maximum Gasteiger partial charge on any atom is 0.416 e. The maximum atomic E-state index is 13.0. The van der Waals surface area contributed by atoms with Gasteiger partial charge >= 0.3 is 6.18 Å². The fraction of sp³-hybridized carbons (Fsp3) is 0.450. The normalized spacial score (nSPS) is 17.5. The van der Waals surface area contributed by atoms with Crippen LogP contribution in [0.25, 0.3) is 5.69 Å². The lowest BCUT2D eigenvalue weighted by atomic mass is 10.2. The number of aryl methyl sites for hydroxylation is 1. The molecule has 1 unspecified atom stereocenters. The van der Waals surface area contributed by atoms with E-state index >= 15 is 0 Å². The maximum absolute atomic E-state index is 13.0. The number of halogens is 3. The second-order valence-electron chi connectivity index (χ2n) is 7.09. The predicted molar refractivity (Wildman–Crippen MR) is 102 cm³/mol. The third-order valence-corrected chi connectivity index (χ3v) is 5.14. The molecule has 1 N–H and O–H groups in total. The fourth-order valence-corrected chi connectivity index (χ4v) is 3.62. The molecule has 0 aliphatic carbocycles. The minimum atomic E-state index is -4.50. The third kappa shape index (κ3) is 4.67. The van der Waals surface area contributed by atoms with E-state index in [4.69, 9.17) is 0 Å². The summed E-state index contributed by atoms with van der Waals surface area (Å²) in [5, 5.41) is 6.80. The van der Waals surface area contributed by atoms with Crippen LogP contribution in [0.4, 0.5) is 13.2 Å². The predicted octanol–water partition coefficient (Wildman–Crippen LogP) is 2.77. The molecule has 0 saturated carbocycles. The van der Waals surface area contributed by atoms with Gasteiger partial charge in [0, 0.05) is 24.3 Å². The van der Waals surface area contributed by atoms with Crippen LogP contribution < -0.4 is 10.7 Å². The zero-order valence-electron chi connectivity index (χ0n) is 16.3. The molecule has 1 saturated heterocycles. The quantitative estimate of drug-likeness (QED) is 0.826. The van der Waals surface area contributed by atoms with Crippen molar-refractivity contribution in [2.24, 2.45) is 0 Å². The van der Waals surface area contributed by atoms with Gasteiger partial charge in [-0.05, 0) is 51.1 Å². The molecule has 0 spiro atoms. The fourth-order valence-electron chi connectivity index (χ4n) is 3.62. The zero-order chi connectivity index (χ0) is 21.2. The van der Waals surface area contributed by atoms with E-state index in [1.165, 1.54) is 22.9 Å². The SMILES string of the molecule is CCN1CCCC1CNC(=O)c1nn(-c2cccc(C(F)(F)F)c2)c(C)cc1=O. The molecular weight excluding hydrogens is 385 g/mol. The highest BCUT2D eigenvalue weighted by Crippen LogP contribution is 2.30. The average molecular weight is 408 g/mol. The molecule has 3 rings (SSSR count). The van der Waals surface area contributed by atoms with Crippen molar-refractivity contribution in [2.45, 2.75) is 38.9 Å². The Balaban J connectivity index is 1.86. The summed E-state index contributed by atoms with van der Waals surface area (Å²) in [6.07, 6.45) is -2.49. The van der Waals surface area contributed by atoms with Crippen molar-refractivity contribution >= 4 is 5.91 Å². The van der Waals surface area contributed by atoms with E-state index in [0.29, 0.717) is 12.2 Å². The van der Waals surface area contributed by atoms with E-state index in [0.717, 1.165) is 38.1 Å². The Labute approximate surface area is 166 Å². The summed E-state index contributed by atoms with van der Waals surface area (Å²) in [4.78, 5) is 27.1. The molecule has 1 fully saturated rings. The van der Waals surface area contributed by atoms with Crippen LogP contribution in [-0.4, -0.2) is 46.3 Å². The van der Waals surface area contributed by atoms with Gasteiger partial charge in [0.15, 0.2) is 5.69 Å². The Hall–Kier alpha value is -2.68. The lowest BCUT2D eigenvalue weighted by Gasteiger charge is -2.22. The highest BCUT2D eigenvalue weighted by Gasteiger charge is 2.31. The molecule has 1 amide bonds. The topological polar surface area (TPSA) is 67.2 Å². The molecule has 6 nitrogen and oxygen atoms in total. The van der Waals surface area contributed by atoms with Gasteiger partial charge in [0.25, 0.3) is 5.91 Å². The van der Waals surface area contributed by atoms with Crippen LogP contribution in [0.2, 0.25) is 0 Å². The van der Waals surface area contributed by atoms with Gasteiger partial charge in [-0.2, -0.15) is 18.3 Å². The Morgan fingerprint density at radius 3 is 2.76 bits per heavy atom. The largest absolute Gasteiger partial charge is 0.416 e. The monoisotopic (exact) mass is 408 g/mol. The molecule has 1 aromatic carbocycles. The first-order valence-electron chi connectivity index (χ1n) is 9.51. The van der Waals surface area contributed by atoms with Crippen LogP contribution in [0.15, 0.2) is 35.1 Å². The van der Waals surface area contributed by atoms with Crippen LogP contribution in [0.5, 0.6) is 0 Å². The number of aromatic nitrogens is 2. The summed E-state index contributed by atoms with van der Waals surface area (Å²) >= 11 is 0. The molecule has 2 heterocycles. The number of benzene rings is 1. The summed E-state index contributed by atoms with van der Waals surface area (Å²) in [7, 11) is 0. The standard InChI is InChI=1S/C20H23F3N4O2/c1-3-26-9-5-8-16(26)12-24-19(29)18-17(28)10-13(2)27(25-18)15-7-4-6-14(11-15)20(21,22)23/h4,6-7,10-11,16H,3,5,8-9,12H2,1-2H3,(H,24,29). The molecule has 0 bridgehead atoms. The number of hydrogen-bond acceptors (Lipinski definition) is 4. The van der Waals surface area contributed by atoms with Crippen molar-refractivity contribution in [2.75, 3.05) is 19.6 Å². The van der Waals surface area contributed by atoms with Crippen LogP contribution in [-0.2, 0) is 6.18 Å². The Bertz CT molecular complexity index is 955. The van der Waals surface area contributed by atoms with Gasteiger partial charge in [-0.15, -0.1) is 0 Å². The number of carbonyl (C=O) groups is 1. The van der Waals surface area contributed by atoms with Gasteiger partial charge in [0.1, 0.15) is 0 Å². The first-order valence-corrected chi connectivity index (χ1v) is 9.51. The van der Waals surface area contributed by atoms with E-state index in [2.05, 4.69) is 22.2 Å². The van der Waals surface area contributed by atoms with Crippen molar-refractivity contribution in [1.82, 2.24) is 20.0 Å². The van der Waals surface area contributed by atoms with Crippen LogP contribution in [0.1, 0.15) is 41.5 Å². The number of likely N-dealkylation sites (N-methyl/N-ethyl adjacent to an activating group) is 1. The number of rotatable bonds is 5. The summed E-state index contributed by atoms with van der Waals surface area (Å²) in [6, 6.07) is 6.01. The number of hydrogen-bond donors (Lipinski definition) is 1. The van der Waals surface area contributed by atoms with Crippen molar-refractivity contribution in [3.05, 3.63) is 57.5 Å². The highest BCUT2D eigenvalue weighted by molar-refractivity contribution is 5.92. The van der Waals surface area contributed by atoms with E-state index in [1.807, 2.05) is 0 Å². The Morgan fingerprint density at radius 2 is 2.07 bits per heavy atom. The lowest BCUT2D eigenvalue weighted by Crippen LogP contribution is -2.41. The van der Waals surface area contributed by atoms with Crippen LogP contribution in [0, 0.1) is 6.92 Å². The molecule has 1 aliphatic rings. The zero-order valence-corrected chi connectivity index (χ0v) is 16.3. The number of alkyl halides is 3. The second kappa shape index (κ2) is 8.36. The summed E-state index contributed by atoms with van der Waals surface area (Å²) in [5.74, 6) is -0.626. The smallest absolute Gasteiger partial charge is 0.349 e. The molecule has 2 aromatic rings. The van der Waals surface area contributed by atoms with Gasteiger partial charge in [-0.1, -0.05) is 13.0 Å². The van der Waals surface area contributed by atoms with E-state index in [-0.39, 0.29) is 17.4 Å². The van der Waals surface area contributed by atoms with Crippen molar-refractivity contribution < 1.29 is 18.0 Å². The molecule has 1 atom stereocenters. The van der Waals surface area contributed by atoms with E-state index in [9.17, 15) is 22.8 Å². The minimum Gasteiger partial charge on any atom is -0.349 e. The van der Waals surface area contributed by atoms with Crippen molar-refractivity contribution in [1.29, 1.82) is 0 Å². The molecular formula is C20H23F3N4O2. The molecule has 1 aromatic heterocycles. The molecule has 9 heteroatoms. The summed E-state index contributed by atoms with van der Waals surface area (Å²) in [5.41, 5.74) is -1.28. The lowest BCUT2D eigenvalue weighted by molar-refractivity contribution is -0.137. The van der Waals surface area contributed by atoms with Crippen LogP contribution in [0.3, 0.4) is 0 Å². The number of carbonyl (C=O) groups excluding carboxylic acids is 1. The van der Waals surface area contributed by atoms with E-state index in [1.54, 1.807) is 6.92 Å². The summed E-state index contributed by atoms with van der Waals surface area (Å²) in [6.45, 7) is 5.85. The van der Waals surface area contributed by atoms with Crippen molar-refractivity contribution in [3.63, 3.8) is 0 Å². The van der Waals surface area contributed by atoms with Crippen molar-refractivity contribution in [3.8, 4) is 5.69 Å². The Morgan fingerprint density at radius 1 is 1.31 bits per heavy atom. The molecule has 0 radical (unpaired) electrons. The first kappa shape index (κ1) is 21.0. The Kier molecular flexibility index (Phi) is 6.07. The number of amides is 1. The number of likely N-dealkylation sites (tertiary alicyclic amines) is 1. The van der Waals surface area contributed by atoms with Gasteiger partial charge in [0.05, 0.1) is 11.3 Å². The number of nitrogens with one attached hydrogen (secondary N) is 1. The van der Waals surface area contributed by atoms with Gasteiger partial charge in [-0.25, -0.2) is 4.68 Å². The van der Waals surface area contributed by atoms with Gasteiger partial charge in [0.2, 0.25) is 5.43 Å². The highest BCUT2D eigenvalue weighted by atomic mass is 19.4. The van der Waals surface area contributed by atoms with Gasteiger partial charge in [-0.3, -0.25) is 14.5 Å². The third-order valence-electron chi connectivity index (χ3n) is 5.14. The molecule has 156 valence electrons. The second-order valence-corrected chi connectivity index (χ2v) is 7.09.